The van der Waals surface area contributed by atoms with Gasteiger partial charge in [-0.25, -0.2) is 0 Å². The molecule has 1 aliphatic carbocycles. The fourth-order valence-electron chi connectivity index (χ4n) is 3.97. The molecule has 1 unspecified atom stereocenters. The number of fused-ring (bicyclic) bond motifs is 1. The number of rotatable bonds is 8. The molecule has 2 aromatic carbocycles. The molecule has 166 valence electrons. The highest BCUT2D eigenvalue weighted by Gasteiger charge is 2.26. The molecule has 1 aliphatic rings. The zero-order valence-electron chi connectivity index (χ0n) is 18.0. The number of aromatic nitrogens is 2. The van der Waals surface area contributed by atoms with Crippen LogP contribution in [-0.4, -0.2) is 39.9 Å². The van der Waals surface area contributed by atoms with Gasteiger partial charge < -0.3 is 19.7 Å². The molecule has 8 heteroatoms. The van der Waals surface area contributed by atoms with Crippen LogP contribution in [0.1, 0.15) is 43.0 Å². The van der Waals surface area contributed by atoms with Gasteiger partial charge in [0.1, 0.15) is 11.8 Å². The van der Waals surface area contributed by atoms with Gasteiger partial charge in [-0.05, 0) is 56.0 Å². The molecule has 3 aromatic rings. The molecule has 0 bridgehead atoms. The third-order valence-corrected chi connectivity index (χ3v) is 5.78. The average Bonchev–Trinajstić information content (AvgIpc) is 3.44. The predicted octanol–water partition coefficient (Wildman–Crippen LogP) is 4.24. The lowest BCUT2D eigenvalue weighted by atomic mass is 10.0. The van der Waals surface area contributed by atoms with Crippen LogP contribution in [-0.2, 0) is 6.42 Å². The lowest BCUT2D eigenvalue weighted by Crippen LogP contribution is -2.30. The SMILES string of the molecule is CC(C)Oc1ccc(-c2nc(-c3cccc4c3CC[C@@H]4NCC(O)CCl)no2)cc1C#N. The minimum absolute atomic E-state index is 0.0281. The molecule has 1 aromatic heterocycles. The summed E-state index contributed by atoms with van der Waals surface area (Å²) in [5, 5.41) is 26.8. The zero-order valence-corrected chi connectivity index (χ0v) is 18.8. The number of nitrogens with one attached hydrogen (secondary N) is 1. The molecular formula is C24H25ClN4O3. The largest absolute Gasteiger partial charge is 0.490 e. The second-order valence-electron chi connectivity index (χ2n) is 8.09. The molecule has 0 radical (unpaired) electrons. The van der Waals surface area contributed by atoms with Crippen molar-refractivity contribution in [2.75, 3.05) is 12.4 Å². The van der Waals surface area contributed by atoms with Gasteiger partial charge >= 0.3 is 0 Å². The maximum Gasteiger partial charge on any atom is 0.258 e. The van der Waals surface area contributed by atoms with Gasteiger partial charge in [-0.2, -0.15) is 10.2 Å². The van der Waals surface area contributed by atoms with E-state index in [0.29, 0.717) is 35.1 Å². The number of aliphatic hydroxyl groups is 1. The number of halogens is 1. The van der Waals surface area contributed by atoms with Crippen molar-refractivity contribution in [1.29, 1.82) is 5.26 Å². The van der Waals surface area contributed by atoms with Gasteiger partial charge in [-0.3, -0.25) is 0 Å². The number of ether oxygens (including phenoxy) is 1. The summed E-state index contributed by atoms with van der Waals surface area (Å²) < 4.78 is 11.2. The number of hydrogen-bond acceptors (Lipinski definition) is 7. The van der Waals surface area contributed by atoms with E-state index in [1.54, 1.807) is 12.1 Å². The van der Waals surface area contributed by atoms with Crippen LogP contribution in [0.2, 0.25) is 0 Å². The molecule has 0 aliphatic heterocycles. The molecule has 0 spiro atoms. The van der Waals surface area contributed by atoms with Crippen LogP contribution in [0, 0.1) is 11.3 Å². The van der Waals surface area contributed by atoms with Crippen LogP contribution in [0.4, 0.5) is 0 Å². The van der Waals surface area contributed by atoms with Crippen LogP contribution < -0.4 is 10.1 Å². The highest BCUT2D eigenvalue weighted by Crippen LogP contribution is 2.37. The maximum atomic E-state index is 9.75. The second kappa shape index (κ2) is 9.70. The summed E-state index contributed by atoms with van der Waals surface area (Å²) in [6, 6.07) is 13.6. The maximum absolute atomic E-state index is 9.75. The molecule has 1 heterocycles. The van der Waals surface area contributed by atoms with Crippen LogP contribution in [0.5, 0.6) is 5.75 Å². The first kappa shape index (κ1) is 22.3. The minimum atomic E-state index is -0.570. The minimum Gasteiger partial charge on any atom is -0.490 e. The summed E-state index contributed by atoms with van der Waals surface area (Å²) in [6.45, 7) is 4.28. The van der Waals surface area contributed by atoms with Crippen molar-refractivity contribution in [3.8, 4) is 34.7 Å². The van der Waals surface area contributed by atoms with E-state index in [4.69, 9.17) is 20.9 Å². The molecule has 2 atom stereocenters. The van der Waals surface area contributed by atoms with E-state index in [9.17, 15) is 10.4 Å². The quantitative estimate of drug-likeness (QED) is 0.492. The first-order valence-electron chi connectivity index (χ1n) is 10.6. The van der Waals surface area contributed by atoms with Crippen LogP contribution in [0.15, 0.2) is 40.9 Å². The summed E-state index contributed by atoms with van der Waals surface area (Å²) >= 11 is 5.70. The molecule has 0 fully saturated rings. The van der Waals surface area contributed by atoms with Gasteiger partial charge in [0.2, 0.25) is 5.82 Å². The standard InChI is InChI=1S/C24H25ClN4O3/c1-14(2)31-22-9-6-15(10-16(22)12-26)24-28-23(29-32-24)20-5-3-4-19-18(20)7-8-21(19)27-13-17(30)11-25/h3-6,9-10,14,17,21,27,30H,7-8,11,13H2,1-2H3/t17?,21-/m0/s1. The fraction of sp³-hybridized carbons (Fsp3) is 0.375. The van der Waals surface area contributed by atoms with Crippen molar-refractivity contribution in [1.82, 2.24) is 15.5 Å². The number of benzene rings is 2. The number of alkyl halides is 1. The van der Waals surface area contributed by atoms with Gasteiger partial charge in [-0.1, -0.05) is 23.4 Å². The summed E-state index contributed by atoms with van der Waals surface area (Å²) in [7, 11) is 0. The Hall–Kier alpha value is -2.92. The van der Waals surface area contributed by atoms with E-state index in [2.05, 4.69) is 27.6 Å². The Kier molecular flexibility index (Phi) is 6.75. The highest BCUT2D eigenvalue weighted by atomic mass is 35.5. The van der Waals surface area contributed by atoms with Crippen molar-refractivity contribution < 1.29 is 14.4 Å². The Morgan fingerprint density at radius 1 is 1.34 bits per heavy atom. The monoisotopic (exact) mass is 452 g/mol. The summed E-state index contributed by atoms with van der Waals surface area (Å²) in [4.78, 5) is 4.60. The van der Waals surface area contributed by atoms with Gasteiger partial charge in [-0.15, -0.1) is 11.6 Å². The van der Waals surface area contributed by atoms with E-state index in [1.807, 2.05) is 32.0 Å². The molecule has 0 saturated heterocycles. The molecule has 32 heavy (non-hydrogen) atoms. The van der Waals surface area contributed by atoms with Gasteiger partial charge in [0.15, 0.2) is 0 Å². The van der Waals surface area contributed by atoms with Crippen LogP contribution in [0.3, 0.4) is 0 Å². The number of aliphatic hydroxyl groups excluding tert-OH is 1. The van der Waals surface area contributed by atoms with E-state index in [1.165, 1.54) is 11.1 Å². The lowest BCUT2D eigenvalue weighted by Gasteiger charge is -2.16. The van der Waals surface area contributed by atoms with Crippen molar-refractivity contribution in [3.63, 3.8) is 0 Å². The van der Waals surface area contributed by atoms with Crippen molar-refractivity contribution in [2.45, 2.75) is 44.9 Å². The molecule has 2 N–H and O–H groups in total. The third kappa shape index (κ3) is 4.63. The highest BCUT2D eigenvalue weighted by molar-refractivity contribution is 6.18. The van der Waals surface area contributed by atoms with Crippen LogP contribution in [0.25, 0.3) is 22.8 Å². The normalized spacial score (nSPS) is 16.1. The van der Waals surface area contributed by atoms with Gasteiger partial charge in [0, 0.05) is 29.6 Å². The molecule has 4 rings (SSSR count). The topological polar surface area (TPSA) is 104 Å². The van der Waals surface area contributed by atoms with Crippen molar-refractivity contribution >= 4 is 11.6 Å². The summed E-state index contributed by atoms with van der Waals surface area (Å²) in [5.41, 5.74) is 4.37. The average molecular weight is 453 g/mol. The first-order chi connectivity index (χ1) is 15.5. The molecule has 0 saturated carbocycles. The summed E-state index contributed by atoms with van der Waals surface area (Å²) in [6.07, 6.45) is 1.21. The van der Waals surface area contributed by atoms with Crippen molar-refractivity contribution in [3.05, 3.63) is 53.1 Å². The molecule has 0 amide bonds. The Morgan fingerprint density at radius 2 is 2.19 bits per heavy atom. The lowest BCUT2D eigenvalue weighted by molar-refractivity contribution is 0.189. The van der Waals surface area contributed by atoms with Gasteiger partial charge in [0.05, 0.1) is 17.8 Å². The summed E-state index contributed by atoms with van der Waals surface area (Å²) in [5.74, 6) is 1.60. The van der Waals surface area contributed by atoms with E-state index in [0.717, 1.165) is 18.4 Å². The van der Waals surface area contributed by atoms with Gasteiger partial charge in [0.25, 0.3) is 5.89 Å². The Bertz CT molecular complexity index is 1140. The predicted molar refractivity (Wildman–Crippen MR) is 121 cm³/mol. The Labute approximate surface area is 192 Å². The van der Waals surface area contributed by atoms with E-state index < -0.39 is 6.10 Å². The van der Waals surface area contributed by atoms with E-state index in [-0.39, 0.29) is 18.0 Å². The Morgan fingerprint density at radius 3 is 2.94 bits per heavy atom. The van der Waals surface area contributed by atoms with Crippen LogP contribution >= 0.6 is 11.6 Å². The number of nitrogens with zero attached hydrogens (tertiary/aromatic N) is 3. The smallest absolute Gasteiger partial charge is 0.258 e. The number of nitriles is 1. The Balaban J connectivity index is 1.59. The number of hydrogen-bond donors (Lipinski definition) is 2. The first-order valence-corrected chi connectivity index (χ1v) is 11.2. The third-order valence-electron chi connectivity index (χ3n) is 5.43. The van der Waals surface area contributed by atoms with Crippen molar-refractivity contribution in [2.24, 2.45) is 0 Å². The molecule has 7 nitrogen and oxygen atoms in total. The van der Waals surface area contributed by atoms with E-state index >= 15 is 0 Å². The second-order valence-corrected chi connectivity index (χ2v) is 8.40. The zero-order chi connectivity index (χ0) is 22.7. The fourth-order valence-corrected chi connectivity index (χ4v) is 4.08. The molecular weight excluding hydrogens is 428 g/mol.